The number of rotatable bonds is 6. The normalized spacial score (nSPS) is 10.9. The molecule has 0 unspecified atom stereocenters. The first kappa shape index (κ1) is 20.1. The van der Waals surface area contributed by atoms with Crippen LogP contribution < -0.4 is 4.74 Å². The van der Waals surface area contributed by atoms with Gasteiger partial charge in [-0.1, -0.05) is 47.7 Å². The van der Waals surface area contributed by atoms with Gasteiger partial charge >= 0.3 is 0 Å². The Labute approximate surface area is 177 Å². The molecule has 0 saturated heterocycles. The van der Waals surface area contributed by atoms with Crippen molar-refractivity contribution in [1.29, 1.82) is 0 Å². The standard InChI is InChI=1S/C23H19F2N3OS/c1-15-6-10-19(11-7-15)28-22(16-4-3-5-20(12-16)29-2)26-27-23(28)30-14-17-8-9-18(24)13-21(17)25/h3-13H,14H2,1-2H3. The summed E-state index contributed by atoms with van der Waals surface area (Å²) in [4.78, 5) is 0. The van der Waals surface area contributed by atoms with Gasteiger partial charge in [-0.05, 0) is 42.8 Å². The second kappa shape index (κ2) is 8.67. The number of nitrogens with zero attached hydrogens (tertiary/aromatic N) is 3. The van der Waals surface area contributed by atoms with Crippen LogP contribution in [0.1, 0.15) is 11.1 Å². The van der Waals surface area contributed by atoms with Crippen molar-refractivity contribution in [2.24, 2.45) is 0 Å². The third kappa shape index (κ3) is 4.21. The van der Waals surface area contributed by atoms with Gasteiger partial charge in [0.2, 0.25) is 0 Å². The predicted molar refractivity (Wildman–Crippen MR) is 114 cm³/mol. The molecule has 0 saturated carbocycles. The zero-order valence-electron chi connectivity index (χ0n) is 16.5. The molecule has 0 aliphatic rings. The summed E-state index contributed by atoms with van der Waals surface area (Å²) in [6.07, 6.45) is 0. The lowest BCUT2D eigenvalue weighted by Gasteiger charge is -2.11. The third-order valence-electron chi connectivity index (χ3n) is 4.63. The van der Waals surface area contributed by atoms with Crippen molar-refractivity contribution in [2.75, 3.05) is 7.11 Å². The van der Waals surface area contributed by atoms with Crippen molar-refractivity contribution in [3.63, 3.8) is 0 Å². The first-order chi connectivity index (χ1) is 14.5. The fourth-order valence-corrected chi connectivity index (χ4v) is 3.96. The zero-order valence-corrected chi connectivity index (χ0v) is 17.3. The fourth-order valence-electron chi connectivity index (χ4n) is 3.02. The summed E-state index contributed by atoms with van der Waals surface area (Å²) in [6, 6.07) is 19.2. The molecule has 0 aliphatic heterocycles. The van der Waals surface area contributed by atoms with E-state index in [1.54, 1.807) is 7.11 Å². The van der Waals surface area contributed by atoms with Crippen molar-refractivity contribution in [3.05, 3.63) is 89.5 Å². The Balaban J connectivity index is 1.74. The van der Waals surface area contributed by atoms with E-state index in [4.69, 9.17) is 4.74 Å². The smallest absolute Gasteiger partial charge is 0.196 e. The summed E-state index contributed by atoms with van der Waals surface area (Å²) in [5.41, 5.74) is 3.29. The highest BCUT2D eigenvalue weighted by atomic mass is 32.2. The summed E-state index contributed by atoms with van der Waals surface area (Å²) in [7, 11) is 1.61. The molecule has 7 heteroatoms. The van der Waals surface area contributed by atoms with Gasteiger partial charge in [0.25, 0.3) is 0 Å². The number of halogens is 2. The van der Waals surface area contributed by atoms with Gasteiger partial charge in [0, 0.05) is 23.1 Å². The molecule has 0 aliphatic carbocycles. The van der Waals surface area contributed by atoms with Crippen LogP contribution in [0.5, 0.6) is 5.75 Å². The minimum Gasteiger partial charge on any atom is -0.497 e. The summed E-state index contributed by atoms with van der Waals surface area (Å²) in [5.74, 6) is 0.503. The Morgan fingerprint density at radius 1 is 0.967 bits per heavy atom. The second-order valence-corrected chi connectivity index (χ2v) is 7.68. The molecule has 0 atom stereocenters. The SMILES string of the molecule is COc1cccc(-c2nnc(SCc3ccc(F)cc3F)n2-c2ccc(C)cc2)c1. The van der Waals surface area contributed by atoms with E-state index in [9.17, 15) is 8.78 Å². The van der Waals surface area contributed by atoms with E-state index in [1.807, 2.05) is 60.0 Å². The second-order valence-electron chi connectivity index (χ2n) is 6.73. The average molecular weight is 423 g/mol. The van der Waals surface area contributed by atoms with Crippen LogP contribution in [0, 0.1) is 18.6 Å². The van der Waals surface area contributed by atoms with Crippen LogP contribution in [0.4, 0.5) is 8.78 Å². The number of ether oxygens (including phenoxy) is 1. The van der Waals surface area contributed by atoms with Gasteiger partial charge in [-0.15, -0.1) is 10.2 Å². The van der Waals surface area contributed by atoms with E-state index in [0.717, 1.165) is 22.9 Å². The highest BCUT2D eigenvalue weighted by Crippen LogP contribution is 2.31. The Bertz CT molecular complexity index is 1180. The van der Waals surface area contributed by atoms with Gasteiger partial charge in [0.1, 0.15) is 17.4 Å². The lowest BCUT2D eigenvalue weighted by Crippen LogP contribution is -2.00. The first-order valence-electron chi connectivity index (χ1n) is 9.29. The quantitative estimate of drug-likeness (QED) is 0.366. The van der Waals surface area contributed by atoms with Crippen molar-refractivity contribution in [3.8, 4) is 22.8 Å². The van der Waals surface area contributed by atoms with Crippen molar-refractivity contribution >= 4 is 11.8 Å². The summed E-state index contributed by atoms with van der Waals surface area (Å²) >= 11 is 1.34. The largest absolute Gasteiger partial charge is 0.497 e. The molecule has 4 rings (SSSR count). The average Bonchev–Trinajstić information content (AvgIpc) is 3.17. The lowest BCUT2D eigenvalue weighted by atomic mass is 10.2. The number of hydrogen-bond donors (Lipinski definition) is 0. The molecule has 0 fully saturated rings. The maximum absolute atomic E-state index is 14.1. The first-order valence-corrected chi connectivity index (χ1v) is 10.3. The van der Waals surface area contributed by atoms with Crippen LogP contribution >= 0.6 is 11.8 Å². The van der Waals surface area contributed by atoms with E-state index in [2.05, 4.69) is 10.2 Å². The van der Waals surface area contributed by atoms with Crippen molar-refractivity contribution in [2.45, 2.75) is 17.8 Å². The van der Waals surface area contributed by atoms with Crippen LogP contribution in [0.3, 0.4) is 0 Å². The molecular formula is C23H19F2N3OS. The van der Waals surface area contributed by atoms with E-state index < -0.39 is 11.6 Å². The lowest BCUT2D eigenvalue weighted by molar-refractivity contribution is 0.415. The number of aryl methyl sites for hydroxylation is 1. The number of aromatic nitrogens is 3. The summed E-state index contributed by atoms with van der Waals surface area (Å²) < 4.78 is 34.5. The van der Waals surface area contributed by atoms with Gasteiger partial charge in [0.15, 0.2) is 11.0 Å². The van der Waals surface area contributed by atoms with Crippen molar-refractivity contribution < 1.29 is 13.5 Å². The molecule has 30 heavy (non-hydrogen) atoms. The van der Waals surface area contributed by atoms with Gasteiger partial charge in [-0.3, -0.25) is 4.57 Å². The molecule has 152 valence electrons. The fraction of sp³-hybridized carbons (Fsp3) is 0.130. The van der Waals surface area contributed by atoms with Gasteiger partial charge < -0.3 is 4.74 Å². The zero-order chi connectivity index (χ0) is 21.1. The molecule has 0 N–H and O–H groups in total. The van der Waals surface area contributed by atoms with E-state index in [1.165, 1.54) is 23.9 Å². The highest BCUT2D eigenvalue weighted by Gasteiger charge is 2.17. The molecular weight excluding hydrogens is 404 g/mol. The Kier molecular flexibility index (Phi) is 5.81. The van der Waals surface area contributed by atoms with E-state index >= 15 is 0 Å². The molecule has 0 amide bonds. The Hall–Kier alpha value is -3.19. The molecule has 1 heterocycles. The number of methoxy groups -OCH3 is 1. The van der Waals surface area contributed by atoms with Crippen LogP contribution in [0.15, 0.2) is 71.9 Å². The predicted octanol–water partition coefficient (Wildman–Crippen LogP) is 5.82. The van der Waals surface area contributed by atoms with Crippen LogP contribution in [-0.2, 0) is 5.75 Å². The van der Waals surface area contributed by atoms with Crippen molar-refractivity contribution in [1.82, 2.24) is 14.8 Å². The third-order valence-corrected chi connectivity index (χ3v) is 5.60. The number of benzene rings is 3. The van der Waals surface area contributed by atoms with Gasteiger partial charge in [-0.25, -0.2) is 8.78 Å². The number of thioether (sulfide) groups is 1. The van der Waals surface area contributed by atoms with Gasteiger partial charge in [0.05, 0.1) is 7.11 Å². The molecule has 0 spiro atoms. The molecule has 3 aromatic carbocycles. The maximum Gasteiger partial charge on any atom is 0.196 e. The number of hydrogen-bond acceptors (Lipinski definition) is 4. The molecule has 0 bridgehead atoms. The topological polar surface area (TPSA) is 39.9 Å². The molecule has 4 aromatic rings. The molecule has 1 aromatic heterocycles. The molecule has 0 radical (unpaired) electrons. The van der Waals surface area contributed by atoms with E-state index in [-0.39, 0.29) is 0 Å². The summed E-state index contributed by atoms with van der Waals surface area (Å²) in [5, 5.41) is 9.35. The minimum absolute atomic E-state index is 0.300. The minimum atomic E-state index is -0.593. The highest BCUT2D eigenvalue weighted by molar-refractivity contribution is 7.98. The maximum atomic E-state index is 14.1. The van der Waals surface area contributed by atoms with Crippen LogP contribution in [-0.4, -0.2) is 21.9 Å². The Morgan fingerprint density at radius 3 is 2.50 bits per heavy atom. The van der Waals surface area contributed by atoms with E-state index in [0.29, 0.717) is 28.0 Å². The van der Waals surface area contributed by atoms with Crippen LogP contribution in [0.25, 0.3) is 17.1 Å². The van der Waals surface area contributed by atoms with Gasteiger partial charge in [-0.2, -0.15) is 0 Å². The summed E-state index contributed by atoms with van der Waals surface area (Å²) in [6.45, 7) is 2.02. The monoisotopic (exact) mass is 423 g/mol. The van der Waals surface area contributed by atoms with Crippen LogP contribution in [0.2, 0.25) is 0 Å². The Morgan fingerprint density at radius 2 is 1.77 bits per heavy atom. The molecule has 4 nitrogen and oxygen atoms in total.